The molecule has 1 N–H and O–H groups in total. The maximum absolute atomic E-state index is 5.50. The van der Waals surface area contributed by atoms with E-state index in [9.17, 15) is 0 Å². The molecule has 1 aliphatic heterocycles. The zero-order valence-electron chi connectivity index (χ0n) is 15.3. The molecule has 4 rings (SSSR count). The van der Waals surface area contributed by atoms with Crippen LogP contribution in [0.25, 0.3) is 5.70 Å². The minimum Gasteiger partial charge on any atom is -0.497 e. The molecule has 0 saturated carbocycles. The average Bonchev–Trinajstić information content (AvgIpc) is 3.21. The first-order chi connectivity index (χ1) is 13.3. The van der Waals surface area contributed by atoms with E-state index in [0.717, 1.165) is 35.0 Å². The van der Waals surface area contributed by atoms with E-state index in [1.807, 2.05) is 30.5 Å². The molecule has 0 bridgehead atoms. The van der Waals surface area contributed by atoms with Crippen molar-refractivity contribution in [2.45, 2.75) is 13.1 Å². The summed E-state index contributed by atoms with van der Waals surface area (Å²) in [5.41, 5.74) is 4.47. The topological polar surface area (TPSA) is 46.6 Å². The summed E-state index contributed by atoms with van der Waals surface area (Å²) in [6, 6.07) is 12.0. The minimum absolute atomic E-state index is 0.641. The zero-order chi connectivity index (χ0) is 18.6. The first-order valence-electron chi connectivity index (χ1n) is 8.68. The molecule has 0 saturated heterocycles. The van der Waals surface area contributed by atoms with Crippen molar-refractivity contribution in [3.63, 3.8) is 0 Å². The quantitative estimate of drug-likeness (QED) is 0.693. The van der Waals surface area contributed by atoms with Crippen LogP contribution in [0.5, 0.6) is 11.5 Å². The van der Waals surface area contributed by atoms with Gasteiger partial charge in [-0.1, -0.05) is 0 Å². The third kappa shape index (κ3) is 3.61. The molecule has 0 atom stereocenters. The van der Waals surface area contributed by atoms with Crippen LogP contribution in [-0.2, 0) is 13.1 Å². The van der Waals surface area contributed by atoms with Gasteiger partial charge in [-0.3, -0.25) is 4.98 Å². The number of hydrogen-bond donors (Lipinski definition) is 1. The molecule has 1 aliphatic rings. The molecule has 0 spiro atoms. The minimum atomic E-state index is 0.641. The summed E-state index contributed by atoms with van der Waals surface area (Å²) in [5, 5.41) is 5.71. The number of thiophene rings is 1. The van der Waals surface area contributed by atoms with E-state index < -0.39 is 0 Å². The second kappa shape index (κ2) is 7.72. The Balaban J connectivity index is 1.61. The van der Waals surface area contributed by atoms with Crippen molar-refractivity contribution in [3.8, 4) is 11.5 Å². The lowest BCUT2D eigenvalue weighted by Gasteiger charge is -2.27. The van der Waals surface area contributed by atoms with Crippen LogP contribution in [0.1, 0.15) is 16.0 Å². The fraction of sp³-hybridized carbons (Fsp3) is 0.190. The summed E-state index contributed by atoms with van der Waals surface area (Å²) < 4.78 is 10.9. The van der Waals surface area contributed by atoms with Crippen molar-refractivity contribution in [1.29, 1.82) is 0 Å². The van der Waals surface area contributed by atoms with Gasteiger partial charge in [-0.15, -0.1) is 11.3 Å². The molecule has 3 heterocycles. The summed E-state index contributed by atoms with van der Waals surface area (Å²) in [7, 11) is 3.36. The second-order valence-corrected chi connectivity index (χ2v) is 7.17. The van der Waals surface area contributed by atoms with Gasteiger partial charge in [-0.2, -0.15) is 0 Å². The standard InChI is InChI=1S/C21H21N3O2S/c1-25-17-5-6-20(26-2)15(10-17)11-23-19-13-24(16-4-3-8-22-12-16)14-21-18(19)7-9-27-21/h3-10,12-13,23H,11,14H2,1-2H3. The van der Waals surface area contributed by atoms with Crippen LogP contribution in [-0.4, -0.2) is 19.2 Å². The largest absolute Gasteiger partial charge is 0.497 e. The first kappa shape index (κ1) is 17.4. The smallest absolute Gasteiger partial charge is 0.124 e. The predicted molar refractivity (Wildman–Crippen MR) is 109 cm³/mol. The van der Waals surface area contributed by atoms with Crippen LogP contribution in [0.3, 0.4) is 0 Å². The van der Waals surface area contributed by atoms with Gasteiger partial charge in [0.1, 0.15) is 11.5 Å². The highest BCUT2D eigenvalue weighted by molar-refractivity contribution is 7.10. The molecular formula is C21H21N3O2S. The molecular weight excluding hydrogens is 358 g/mol. The Morgan fingerprint density at radius 2 is 2.11 bits per heavy atom. The van der Waals surface area contributed by atoms with Crippen LogP contribution < -0.4 is 19.7 Å². The van der Waals surface area contributed by atoms with Gasteiger partial charge < -0.3 is 19.7 Å². The summed E-state index contributed by atoms with van der Waals surface area (Å²) in [6.45, 7) is 1.49. The van der Waals surface area contributed by atoms with Crippen LogP contribution in [0.4, 0.5) is 5.69 Å². The third-order valence-corrected chi connectivity index (χ3v) is 5.47. The number of methoxy groups -OCH3 is 2. The lowest BCUT2D eigenvalue weighted by atomic mass is 10.1. The molecule has 0 unspecified atom stereocenters. The molecule has 5 nitrogen and oxygen atoms in total. The van der Waals surface area contributed by atoms with Crippen molar-refractivity contribution in [1.82, 2.24) is 10.3 Å². The fourth-order valence-corrected chi connectivity index (χ4v) is 4.06. The maximum atomic E-state index is 5.50. The van der Waals surface area contributed by atoms with Gasteiger partial charge in [0.15, 0.2) is 0 Å². The second-order valence-electron chi connectivity index (χ2n) is 6.17. The summed E-state index contributed by atoms with van der Waals surface area (Å²) in [4.78, 5) is 7.80. The summed E-state index contributed by atoms with van der Waals surface area (Å²) >= 11 is 1.78. The Morgan fingerprint density at radius 1 is 1.19 bits per heavy atom. The number of nitrogens with one attached hydrogen (secondary N) is 1. The van der Waals surface area contributed by atoms with E-state index in [1.165, 1.54) is 10.4 Å². The molecule has 2 aromatic heterocycles. The predicted octanol–water partition coefficient (Wildman–Crippen LogP) is 4.27. The molecule has 3 aromatic rings. The molecule has 0 aliphatic carbocycles. The van der Waals surface area contributed by atoms with Crippen LogP contribution in [0.2, 0.25) is 0 Å². The number of ether oxygens (including phenoxy) is 2. The number of nitrogens with zero attached hydrogens (tertiary/aromatic N) is 2. The Labute approximate surface area is 162 Å². The number of fused-ring (bicyclic) bond motifs is 1. The van der Waals surface area contributed by atoms with Crippen molar-refractivity contribution < 1.29 is 9.47 Å². The highest BCUT2D eigenvalue weighted by atomic mass is 32.1. The van der Waals surface area contributed by atoms with Gasteiger partial charge in [0.2, 0.25) is 0 Å². The normalized spacial score (nSPS) is 13.0. The SMILES string of the molecule is COc1ccc(OC)c(CNC2=CN(c3cccnc3)Cc3sccc32)c1. The fourth-order valence-electron chi connectivity index (χ4n) is 3.17. The van der Waals surface area contributed by atoms with E-state index in [1.54, 1.807) is 31.8 Å². The van der Waals surface area contributed by atoms with Crippen molar-refractivity contribution in [2.24, 2.45) is 0 Å². The molecule has 6 heteroatoms. The monoisotopic (exact) mass is 379 g/mol. The summed E-state index contributed by atoms with van der Waals surface area (Å²) in [5.74, 6) is 1.66. The van der Waals surface area contributed by atoms with E-state index in [0.29, 0.717) is 6.54 Å². The van der Waals surface area contributed by atoms with E-state index in [2.05, 4.69) is 38.9 Å². The molecule has 0 amide bonds. The number of rotatable bonds is 6. The van der Waals surface area contributed by atoms with Gasteiger partial charge in [-0.05, 0) is 41.8 Å². The van der Waals surface area contributed by atoms with Crippen molar-refractivity contribution in [3.05, 3.63) is 76.4 Å². The Kier molecular flexibility index (Phi) is 4.98. The Bertz CT molecular complexity index is 953. The third-order valence-electron chi connectivity index (χ3n) is 4.57. The van der Waals surface area contributed by atoms with Gasteiger partial charge in [-0.25, -0.2) is 0 Å². The maximum Gasteiger partial charge on any atom is 0.124 e. The lowest BCUT2D eigenvalue weighted by molar-refractivity contribution is 0.398. The van der Waals surface area contributed by atoms with Crippen LogP contribution in [0, 0.1) is 0 Å². The van der Waals surface area contributed by atoms with Gasteiger partial charge in [0, 0.05) is 34.9 Å². The average molecular weight is 379 g/mol. The van der Waals surface area contributed by atoms with E-state index in [4.69, 9.17) is 9.47 Å². The highest BCUT2D eigenvalue weighted by Gasteiger charge is 2.20. The molecule has 138 valence electrons. The zero-order valence-corrected chi connectivity index (χ0v) is 16.1. The molecule has 1 aromatic carbocycles. The van der Waals surface area contributed by atoms with Gasteiger partial charge in [0.05, 0.1) is 38.3 Å². The molecule has 0 radical (unpaired) electrons. The van der Waals surface area contributed by atoms with Crippen molar-refractivity contribution >= 4 is 22.7 Å². The highest BCUT2D eigenvalue weighted by Crippen LogP contribution is 2.32. The number of benzene rings is 1. The van der Waals surface area contributed by atoms with E-state index in [-0.39, 0.29) is 0 Å². The number of hydrogen-bond acceptors (Lipinski definition) is 6. The molecule has 0 fully saturated rings. The Hall–Kier alpha value is -2.99. The first-order valence-corrected chi connectivity index (χ1v) is 9.56. The van der Waals surface area contributed by atoms with Crippen LogP contribution in [0.15, 0.2) is 60.4 Å². The Morgan fingerprint density at radius 3 is 2.89 bits per heavy atom. The number of anilines is 1. The molecule has 27 heavy (non-hydrogen) atoms. The van der Waals surface area contributed by atoms with Gasteiger partial charge >= 0.3 is 0 Å². The lowest BCUT2D eigenvalue weighted by Crippen LogP contribution is -2.25. The van der Waals surface area contributed by atoms with Gasteiger partial charge in [0.25, 0.3) is 0 Å². The number of pyridine rings is 1. The van der Waals surface area contributed by atoms with Crippen molar-refractivity contribution in [2.75, 3.05) is 19.1 Å². The van der Waals surface area contributed by atoms with Crippen LogP contribution >= 0.6 is 11.3 Å². The summed E-state index contributed by atoms with van der Waals surface area (Å²) in [6.07, 6.45) is 5.83. The van der Waals surface area contributed by atoms with E-state index >= 15 is 0 Å². The number of aromatic nitrogens is 1.